The Balaban J connectivity index is 1.72. The number of nitrogens with zero attached hydrogens (tertiary/aromatic N) is 2. The first-order chi connectivity index (χ1) is 11.2. The van der Waals surface area contributed by atoms with Gasteiger partial charge in [0, 0.05) is 47.0 Å². The molecule has 3 heteroatoms. The second-order valence-corrected chi connectivity index (χ2v) is 6.46. The molecule has 1 aliphatic rings. The van der Waals surface area contributed by atoms with Crippen molar-refractivity contribution in [1.29, 1.82) is 0 Å². The van der Waals surface area contributed by atoms with E-state index in [0.29, 0.717) is 0 Å². The van der Waals surface area contributed by atoms with Crippen LogP contribution in [0.1, 0.15) is 28.1 Å². The number of ether oxygens (including phenoxy) is 1. The minimum absolute atomic E-state index is 0.744. The van der Waals surface area contributed by atoms with Crippen molar-refractivity contribution in [3.8, 4) is 0 Å². The van der Waals surface area contributed by atoms with Crippen LogP contribution in [-0.2, 0) is 30.7 Å². The van der Waals surface area contributed by atoms with Crippen LogP contribution in [0, 0.1) is 13.8 Å². The Bertz CT molecular complexity index is 846. The monoisotopic (exact) mass is 306 g/mol. The molecule has 0 saturated carbocycles. The fourth-order valence-electron chi connectivity index (χ4n) is 3.52. The summed E-state index contributed by atoms with van der Waals surface area (Å²) in [4.78, 5) is 4.41. The average molecular weight is 306 g/mol. The molecular weight excluding hydrogens is 284 g/mol. The summed E-state index contributed by atoms with van der Waals surface area (Å²) in [6, 6.07) is 11.0. The van der Waals surface area contributed by atoms with E-state index in [-0.39, 0.29) is 0 Å². The highest BCUT2D eigenvalue weighted by atomic mass is 16.5. The number of hydrogen-bond donors (Lipinski definition) is 0. The van der Waals surface area contributed by atoms with Gasteiger partial charge in [0.05, 0.1) is 13.2 Å². The quantitative estimate of drug-likeness (QED) is 0.732. The lowest BCUT2D eigenvalue weighted by Gasteiger charge is -2.16. The van der Waals surface area contributed by atoms with Crippen molar-refractivity contribution in [2.24, 2.45) is 0 Å². The van der Waals surface area contributed by atoms with Crippen LogP contribution >= 0.6 is 0 Å². The molecule has 3 heterocycles. The number of aromatic nitrogens is 2. The smallest absolute Gasteiger partial charge is 0.0740 e. The first-order valence-corrected chi connectivity index (χ1v) is 8.32. The van der Waals surface area contributed by atoms with Gasteiger partial charge in [-0.15, -0.1) is 0 Å². The van der Waals surface area contributed by atoms with Crippen LogP contribution in [0.5, 0.6) is 0 Å². The summed E-state index contributed by atoms with van der Waals surface area (Å²) in [5, 5.41) is 1.36. The van der Waals surface area contributed by atoms with Crippen LogP contribution < -0.4 is 0 Å². The van der Waals surface area contributed by atoms with Gasteiger partial charge in [-0.1, -0.05) is 17.7 Å². The van der Waals surface area contributed by atoms with Crippen molar-refractivity contribution in [1.82, 2.24) is 9.55 Å². The maximum atomic E-state index is 5.71. The third-order valence-corrected chi connectivity index (χ3v) is 4.77. The van der Waals surface area contributed by atoms with E-state index < -0.39 is 0 Å². The van der Waals surface area contributed by atoms with E-state index in [1.165, 1.54) is 33.3 Å². The summed E-state index contributed by atoms with van der Waals surface area (Å²) in [5.41, 5.74) is 7.86. The maximum absolute atomic E-state index is 5.71. The molecule has 23 heavy (non-hydrogen) atoms. The van der Waals surface area contributed by atoms with Gasteiger partial charge in [-0.2, -0.15) is 0 Å². The Hall–Kier alpha value is -2.13. The topological polar surface area (TPSA) is 27.1 Å². The minimum atomic E-state index is 0.744. The van der Waals surface area contributed by atoms with Crippen molar-refractivity contribution < 1.29 is 4.74 Å². The fourth-order valence-corrected chi connectivity index (χ4v) is 3.52. The molecule has 0 fully saturated rings. The number of fused-ring (bicyclic) bond motifs is 3. The number of hydrogen-bond acceptors (Lipinski definition) is 2. The van der Waals surface area contributed by atoms with E-state index in [9.17, 15) is 0 Å². The Morgan fingerprint density at radius 1 is 1.17 bits per heavy atom. The first-order valence-electron chi connectivity index (χ1n) is 8.32. The summed E-state index contributed by atoms with van der Waals surface area (Å²) in [7, 11) is 0. The molecule has 0 aliphatic carbocycles. The molecule has 1 aliphatic heterocycles. The van der Waals surface area contributed by atoms with Crippen molar-refractivity contribution in [3.63, 3.8) is 0 Å². The molecular formula is C20H22N2O. The SMILES string of the molecule is Cc1ccc2c(c1)c1c(n2CCc2ccc(C)nc2)CCOC1. The van der Waals surface area contributed by atoms with E-state index in [4.69, 9.17) is 4.74 Å². The Labute approximate surface area is 136 Å². The van der Waals surface area contributed by atoms with Gasteiger partial charge in [-0.05, 0) is 44.0 Å². The molecule has 3 nitrogen and oxygen atoms in total. The van der Waals surface area contributed by atoms with Crippen molar-refractivity contribution in [3.05, 3.63) is 64.6 Å². The van der Waals surface area contributed by atoms with E-state index in [1.54, 1.807) is 0 Å². The van der Waals surface area contributed by atoms with E-state index >= 15 is 0 Å². The number of benzene rings is 1. The Kier molecular flexibility index (Phi) is 3.66. The lowest BCUT2D eigenvalue weighted by molar-refractivity contribution is 0.109. The van der Waals surface area contributed by atoms with Crippen LogP contribution in [0.4, 0.5) is 0 Å². The molecule has 2 aromatic heterocycles. The van der Waals surface area contributed by atoms with Crippen LogP contribution in [0.2, 0.25) is 0 Å². The second-order valence-electron chi connectivity index (χ2n) is 6.46. The molecule has 0 saturated heterocycles. The number of rotatable bonds is 3. The Morgan fingerprint density at radius 3 is 2.91 bits per heavy atom. The maximum Gasteiger partial charge on any atom is 0.0740 e. The molecule has 0 unspecified atom stereocenters. The molecule has 0 amide bonds. The highest BCUT2D eigenvalue weighted by molar-refractivity contribution is 5.86. The van der Waals surface area contributed by atoms with E-state index in [2.05, 4.69) is 46.8 Å². The summed E-state index contributed by atoms with van der Waals surface area (Å²) in [6.07, 6.45) is 4.02. The number of aryl methyl sites for hydroxylation is 4. The van der Waals surface area contributed by atoms with Crippen LogP contribution in [-0.4, -0.2) is 16.2 Å². The van der Waals surface area contributed by atoms with Crippen LogP contribution in [0.3, 0.4) is 0 Å². The summed E-state index contributed by atoms with van der Waals surface area (Å²) >= 11 is 0. The second kappa shape index (κ2) is 5.82. The van der Waals surface area contributed by atoms with Crippen LogP contribution in [0.25, 0.3) is 10.9 Å². The molecule has 0 atom stereocenters. The highest BCUT2D eigenvalue weighted by Crippen LogP contribution is 2.31. The number of pyridine rings is 1. The van der Waals surface area contributed by atoms with Gasteiger partial charge in [-0.25, -0.2) is 0 Å². The van der Waals surface area contributed by atoms with Gasteiger partial charge in [0.15, 0.2) is 0 Å². The largest absolute Gasteiger partial charge is 0.376 e. The third-order valence-electron chi connectivity index (χ3n) is 4.77. The minimum Gasteiger partial charge on any atom is -0.376 e. The van der Waals surface area contributed by atoms with Gasteiger partial charge >= 0.3 is 0 Å². The lowest BCUT2D eigenvalue weighted by Crippen LogP contribution is -2.14. The summed E-state index contributed by atoms with van der Waals surface area (Å²) < 4.78 is 8.20. The predicted octanol–water partition coefficient (Wildman–Crippen LogP) is 3.97. The molecule has 0 radical (unpaired) electrons. The van der Waals surface area contributed by atoms with Crippen molar-refractivity contribution in [2.75, 3.05) is 6.61 Å². The standard InChI is InChI=1S/C20H22N2O/c1-14-3-6-19-17(11-14)18-13-23-10-8-20(18)22(19)9-7-16-5-4-15(2)21-12-16/h3-6,11-12H,7-10,13H2,1-2H3. The molecule has 1 aromatic carbocycles. The molecule has 0 N–H and O–H groups in total. The van der Waals surface area contributed by atoms with Gasteiger partial charge < -0.3 is 9.30 Å². The zero-order chi connectivity index (χ0) is 15.8. The molecule has 4 rings (SSSR count). The van der Waals surface area contributed by atoms with Crippen molar-refractivity contribution in [2.45, 2.75) is 39.8 Å². The lowest BCUT2D eigenvalue weighted by atomic mass is 10.1. The van der Waals surface area contributed by atoms with Gasteiger partial charge in [0.25, 0.3) is 0 Å². The molecule has 3 aromatic rings. The fraction of sp³-hybridized carbons (Fsp3) is 0.350. The van der Waals surface area contributed by atoms with Gasteiger partial charge in [0.1, 0.15) is 0 Å². The first kappa shape index (κ1) is 14.5. The summed E-state index contributed by atoms with van der Waals surface area (Å²) in [5.74, 6) is 0. The Morgan fingerprint density at radius 2 is 2.09 bits per heavy atom. The van der Waals surface area contributed by atoms with E-state index in [1.807, 2.05) is 13.1 Å². The molecule has 118 valence electrons. The van der Waals surface area contributed by atoms with Gasteiger partial charge in [-0.3, -0.25) is 4.98 Å². The zero-order valence-corrected chi connectivity index (χ0v) is 13.8. The highest BCUT2D eigenvalue weighted by Gasteiger charge is 2.20. The van der Waals surface area contributed by atoms with E-state index in [0.717, 1.165) is 38.3 Å². The molecule has 0 bridgehead atoms. The predicted molar refractivity (Wildman–Crippen MR) is 92.7 cm³/mol. The zero-order valence-electron chi connectivity index (χ0n) is 13.8. The normalized spacial score (nSPS) is 14.2. The van der Waals surface area contributed by atoms with Gasteiger partial charge in [0.2, 0.25) is 0 Å². The van der Waals surface area contributed by atoms with Crippen LogP contribution in [0.15, 0.2) is 36.5 Å². The molecule has 0 spiro atoms. The third kappa shape index (κ3) is 2.66. The average Bonchev–Trinajstić information content (AvgIpc) is 2.88. The van der Waals surface area contributed by atoms with Crippen molar-refractivity contribution >= 4 is 10.9 Å². The summed E-state index contributed by atoms with van der Waals surface area (Å²) in [6.45, 7) is 6.76.